The maximum Gasteiger partial charge on any atom is 0.338 e. The van der Waals surface area contributed by atoms with Crippen molar-refractivity contribution >= 4 is 53.0 Å². The smallest absolute Gasteiger partial charge is 0.338 e. The number of carbonyl (C=O) groups excluding carboxylic acids is 3. The largest absolute Gasteiger partial charge is 0.493 e. The van der Waals surface area contributed by atoms with Crippen LogP contribution in [0.4, 0.5) is 10.5 Å². The molecule has 16 heteroatoms. The fraction of sp³-hybridized carbons (Fsp3) is 0.226. The summed E-state index contributed by atoms with van der Waals surface area (Å²) in [5.74, 6) is -0.493. The zero-order chi connectivity index (χ0) is 34.1. The summed E-state index contributed by atoms with van der Waals surface area (Å²) in [6.07, 6.45) is 1.29. The molecule has 1 atom stereocenters. The van der Waals surface area contributed by atoms with Gasteiger partial charge < -0.3 is 29.6 Å². The Morgan fingerprint density at radius 3 is 2.51 bits per heavy atom. The summed E-state index contributed by atoms with van der Waals surface area (Å²) in [5, 5.41) is 20.6. The van der Waals surface area contributed by atoms with Gasteiger partial charge in [-0.3, -0.25) is 14.9 Å². The van der Waals surface area contributed by atoms with E-state index in [0.29, 0.717) is 27.4 Å². The Morgan fingerprint density at radius 2 is 1.83 bits per heavy atom. The van der Waals surface area contributed by atoms with Gasteiger partial charge in [0.05, 0.1) is 41.5 Å². The van der Waals surface area contributed by atoms with E-state index in [1.165, 1.54) is 37.6 Å². The summed E-state index contributed by atoms with van der Waals surface area (Å²) in [7, 11) is 1.40. The van der Waals surface area contributed by atoms with Crippen LogP contribution >= 0.6 is 23.2 Å². The number of amides is 3. The second-order valence-electron chi connectivity index (χ2n) is 9.80. The molecule has 0 spiro atoms. The maximum absolute atomic E-state index is 12.6. The van der Waals surface area contributed by atoms with E-state index in [2.05, 4.69) is 21.2 Å². The summed E-state index contributed by atoms with van der Waals surface area (Å²) < 4.78 is 22.1. The average molecular weight is 687 g/mol. The van der Waals surface area contributed by atoms with E-state index >= 15 is 0 Å². The van der Waals surface area contributed by atoms with Gasteiger partial charge in [0, 0.05) is 28.4 Å². The standard InChI is InChI=1S/C31H29Cl2N5O9/c1-4-45-30(40)27-17(2)35-31(41)36-28(27)19-7-10-24(25(12-19)44-3)46-16-26(39)37-34-14-20-11-21(32)13-23(33)29(20)47-15-18-5-8-22(9-6-18)38(42)43/h5-14,28H,4,15-16H2,1-3H3,(H,37,39)(H2,35,36,41)/b34-14+/t28-/m0/s1. The highest BCUT2D eigenvalue weighted by atomic mass is 35.5. The van der Waals surface area contributed by atoms with Crippen molar-refractivity contribution in [2.75, 3.05) is 20.3 Å². The highest BCUT2D eigenvalue weighted by Gasteiger charge is 2.32. The van der Waals surface area contributed by atoms with Crippen molar-refractivity contribution in [3.05, 3.63) is 103 Å². The number of hydrogen-bond acceptors (Lipinski definition) is 10. The van der Waals surface area contributed by atoms with Crippen LogP contribution in [-0.2, 0) is 20.9 Å². The first kappa shape index (κ1) is 34.5. The van der Waals surface area contributed by atoms with Gasteiger partial charge in [-0.15, -0.1) is 0 Å². The number of methoxy groups -OCH3 is 1. The molecule has 3 aromatic rings. The summed E-state index contributed by atoms with van der Waals surface area (Å²) in [6, 6.07) is 12.3. The van der Waals surface area contributed by atoms with Crippen LogP contribution in [0, 0.1) is 10.1 Å². The number of nitrogens with one attached hydrogen (secondary N) is 3. The lowest BCUT2D eigenvalue weighted by atomic mass is 9.95. The van der Waals surface area contributed by atoms with Crippen LogP contribution in [0.2, 0.25) is 10.0 Å². The molecular formula is C31H29Cl2N5O9. The number of nitro groups is 1. The Morgan fingerprint density at radius 1 is 1.09 bits per heavy atom. The second kappa shape index (κ2) is 15.8. The molecule has 14 nitrogen and oxygen atoms in total. The Kier molecular flexibility index (Phi) is 11.6. The molecule has 0 saturated heterocycles. The number of allylic oxidation sites excluding steroid dienone is 1. The van der Waals surface area contributed by atoms with E-state index in [9.17, 15) is 24.5 Å². The number of non-ortho nitro benzene ring substituents is 1. The van der Waals surface area contributed by atoms with Crippen LogP contribution in [0.1, 0.15) is 36.6 Å². The summed E-state index contributed by atoms with van der Waals surface area (Å²) in [6.45, 7) is 3.05. The predicted molar refractivity (Wildman–Crippen MR) is 172 cm³/mol. The van der Waals surface area contributed by atoms with Gasteiger partial charge in [0.15, 0.2) is 18.1 Å². The lowest BCUT2D eigenvalue weighted by Gasteiger charge is -2.28. The molecule has 3 amide bonds. The third-order valence-electron chi connectivity index (χ3n) is 6.60. The van der Waals surface area contributed by atoms with Gasteiger partial charge in [0.1, 0.15) is 12.4 Å². The lowest BCUT2D eigenvalue weighted by Crippen LogP contribution is -2.45. The molecule has 0 aromatic heterocycles. The Hall–Kier alpha value is -5.34. The first-order valence-corrected chi connectivity index (χ1v) is 14.7. The van der Waals surface area contributed by atoms with Crippen LogP contribution in [0.15, 0.2) is 71.0 Å². The van der Waals surface area contributed by atoms with Crippen LogP contribution in [0.5, 0.6) is 17.2 Å². The minimum atomic E-state index is -0.814. The van der Waals surface area contributed by atoms with Crippen molar-refractivity contribution in [2.24, 2.45) is 5.10 Å². The molecule has 0 fully saturated rings. The first-order valence-electron chi connectivity index (χ1n) is 13.9. The van der Waals surface area contributed by atoms with Gasteiger partial charge >= 0.3 is 12.0 Å². The predicted octanol–water partition coefficient (Wildman–Crippen LogP) is 5.21. The summed E-state index contributed by atoms with van der Waals surface area (Å²) in [5.41, 5.74) is 4.43. The number of hydrogen-bond donors (Lipinski definition) is 3. The minimum Gasteiger partial charge on any atom is -0.493 e. The van der Waals surface area contributed by atoms with E-state index < -0.39 is 35.5 Å². The Balaban J connectivity index is 1.40. The Bertz CT molecular complexity index is 1750. The minimum absolute atomic E-state index is 0.0467. The topological polar surface area (TPSA) is 180 Å². The number of nitrogens with zero attached hydrogens (tertiary/aromatic N) is 2. The molecule has 1 aliphatic rings. The molecule has 0 bridgehead atoms. The summed E-state index contributed by atoms with van der Waals surface area (Å²) >= 11 is 12.5. The molecule has 0 unspecified atom stereocenters. The van der Waals surface area contributed by atoms with Crippen LogP contribution in [0.25, 0.3) is 0 Å². The number of benzene rings is 3. The highest BCUT2D eigenvalue weighted by Crippen LogP contribution is 2.35. The number of esters is 1. The molecule has 0 aliphatic carbocycles. The van der Waals surface area contributed by atoms with Gasteiger partial charge in [0.25, 0.3) is 11.6 Å². The number of carbonyl (C=O) groups is 3. The van der Waals surface area contributed by atoms with Crippen molar-refractivity contribution < 1.29 is 38.3 Å². The second-order valence-corrected chi connectivity index (χ2v) is 10.6. The third kappa shape index (κ3) is 8.89. The zero-order valence-corrected chi connectivity index (χ0v) is 26.8. The van der Waals surface area contributed by atoms with Gasteiger partial charge in [-0.1, -0.05) is 29.3 Å². The number of hydrazone groups is 1. The van der Waals surface area contributed by atoms with Gasteiger partial charge in [0.2, 0.25) is 0 Å². The van der Waals surface area contributed by atoms with Crippen molar-refractivity contribution in [3.63, 3.8) is 0 Å². The maximum atomic E-state index is 12.6. The molecule has 1 heterocycles. The van der Waals surface area contributed by atoms with E-state index in [-0.39, 0.29) is 46.7 Å². The molecule has 0 radical (unpaired) electrons. The van der Waals surface area contributed by atoms with Crippen LogP contribution in [0.3, 0.4) is 0 Å². The average Bonchev–Trinajstić information content (AvgIpc) is 3.03. The van der Waals surface area contributed by atoms with Gasteiger partial charge in [-0.25, -0.2) is 15.0 Å². The third-order valence-corrected chi connectivity index (χ3v) is 7.10. The number of rotatable bonds is 13. The zero-order valence-electron chi connectivity index (χ0n) is 25.3. The van der Waals surface area contributed by atoms with Gasteiger partial charge in [-0.05, 0) is 61.4 Å². The quantitative estimate of drug-likeness (QED) is 0.0942. The normalized spacial score (nSPS) is 14.2. The first-order chi connectivity index (χ1) is 22.5. The van der Waals surface area contributed by atoms with E-state index in [4.69, 9.17) is 42.1 Å². The van der Waals surface area contributed by atoms with Crippen molar-refractivity contribution in [2.45, 2.75) is 26.5 Å². The fourth-order valence-electron chi connectivity index (χ4n) is 4.45. The van der Waals surface area contributed by atoms with Crippen molar-refractivity contribution in [1.82, 2.24) is 16.1 Å². The van der Waals surface area contributed by atoms with Gasteiger partial charge in [-0.2, -0.15) is 5.10 Å². The molecule has 0 saturated carbocycles. The SMILES string of the molecule is CCOC(=O)C1=C(C)NC(=O)N[C@H]1c1ccc(OCC(=O)N/N=C/c2cc(Cl)cc(Cl)c2OCc2ccc([N+](=O)[O-])cc2)c(OC)c1. The summed E-state index contributed by atoms with van der Waals surface area (Å²) in [4.78, 5) is 47.7. The van der Waals surface area contributed by atoms with Crippen LogP contribution in [-0.4, -0.2) is 49.4 Å². The van der Waals surface area contributed by atoms with Crippen molar-refractivity contribution in [3.8, 4) is 17.2 Å². The number of urea groups is 1. The molecule has 3 N–H and O–H groups in total. The van der Waals surface area contributed by atoms with E-state index in [1.54, 1.807) is 44.2 Å². The van der Waals surface area contributed by atoms with E-state index in [1.807, 2.05) is 0 Å². The Labute approximate surface area is 278 Å². The van der Waals surface area contributed by atoms with Crippen molar-refractivity contribution in [1.29, 1.82) is 0 Å². The molecule has 246 valence electrons. The monoisotopic (exact) mass is 685 g/mol. The molecule has 47 heavy (non-hydrogen) atoms. The number of halogens is 2. The molecule has 3 aromatic carbocycles. The highest BCUT2D eigenvalue weighted by molar-refractivity contribution is 6.36. The molecule has 4 rings (SSSR count). The lowest BCUT2D eigenvalue weighted by molar-refractivity contribution is -0.384. The number of nitro benzene ring substituents is 1. The van der Waals surface area contributed by atoms with Crippen LogP contribution < -0.4 is 30.3 Å². The molecule has 1 aliphatic heterocycles. The van der Waals surface area contributed by atoms with E-state index in [0.717, 1.165) is 0 Å². The fourth-order valence-corrected chi connectivity index (χ4v) is 5.02. The molecular weight excluding hydrogens is 657 g/mol. The number of ether oxygens (including phenoxy) is 4.